The van der Waals surface area contributed by atoms with Crippen LogP contribution in [0.1, 0.15) is 45.9 Å². The Morgan fingerprint density at radius 3 is 1.53 bits per heavy atom. The van der Waals surface area contributed by atoms with Crippen molar-refractivity contribution < 1.29 is 0 Å². The number of fused-ring (bicyclic) bond motifs is 10. The Bertz CT molecular complexity index is 4220. The Kier molecular flexibility index (Phi) is 10.4. The van der Waals surface area contributed by atoms with Crippen LogP contribution >= 0.6 is 0 Å². The smallest absolute Gasteiger partial charge is 0.0714 e. The van der Waals surface area contributed by atoms with Gasteiger partial charge < -0.3 is 9.47 Å². The van der Waals surface area contributed by atoms with Crippen molar-refractivity contribution in [2.75, 3.05) is 4.90 Å². The van der Waals surface area contributed by atoms with Crippen LogP contribution in [-0.4, -0.2) is 4.57 Å². The molecule has 12 aromatic rings. The van der Waals surface area contributed by atoms with Gasteiger partial charge in [0, 0.05) is 33.5 Å². The molecule has 0 fully saturated rings. The lowest BCUT2D eigenvalue weighted by Crippen LogP contribution is -2.29. The van der Waals surface area contributed by atoms with Gasteiger partial charge in [-0.15, -0.1) is 0 Å². The summed E-state index contributed by atoms with van der Waals surface area (Å²) in [7, 11) is 0. The van der Waals surface area contributed by atoms with Crippen molar-refractivity contribution in [2.24, 2.45) is 0 Å². The van der Waals surface area contributed by atoms with Gasteiger partial charge in [0.1, 0.15) is 0 Å². The average molecular weight is 957 g/mol. The van der Waals surface area contributed by atoms with Gasteiger partial charge in [0.2, 0.25) is 0 Å². The molecule has 2 nitrogen and oxygen atoms in total. The fourth-order valence-electron chi connectivity index (χ4n) is 13.2. The number of para-hydroxylation sites is 1. The summed E-state index contributed by atoms with van der Waals surface area (Å²) in [6, 6.07) is 97.2. The molecule has 0 aliphatic heterocycles. The molecule has 0 saturated carbocycles. The highest BCUT2D eigenvalue weighted by Gasteiger charge is 2.48. The first-order valence-corrected chi connectivity index (χ1v) is 26.0. The summed E-state index contributed by atoms with van der Waals surface area (Å²) in [5, 5.41) is 4.85. The van der Waals surface area contributed by atoms with Gasteiger partial charge in [-0.2, -0.15) is 0 Å². The SMILES string of the molecule is C=C/C=C\C=C(/C)C1(c2ccccc2)c2ccccc2-c2ccc(N(c3ccc4c(c3)C(c3ccccc3)(c3ccccc3)c3ccccc3-4)c3ccc4c(c3)c3cc5ccccc5cc3n4-c3ccccc3)cc21. The van der Waals surface area contributed by atoms with Crippen LogP contribution in [-0.2, 0) is 10.8 Å². The molecule has 354 valence electrons. The highest BCUT2D eigenvalue weighted by Crippen LogP contribution is 2.60. The lowest BCUT2D eigenvalue weighted by atomic mass is 9.67. The van der Waals surface area contributed by atoms with Crippen molar-refractivity contribution >= 4 is 49.6 Å². The third-order valence-electron chi connectivity index (χ3n) is 16.3. The number of anilines is 3. The molecule has 1 unspecified atom stereocenters. The van der Waals surface area contributed by atoms with Crippen LogP contribution in [0.5, 0.6) is 0 Å². The highest BCUT2D eigenvalue weighted by atomic mass is 15.1. The number of aromatic nitrogens is 1. The maximum absolute atomic E-state index is 4.01. The second-order valence-electron chi connectivity index (χ2n) is 20.0. The van der Waals surface area contributed by atoms with Crippen LogP contribution in [0.25, 0.3) is 60.5 Å². The lowest BCUT2D eigenvalue weighted by molar-refractivity contribution is 0.746. The Morgan fingerprint density at radius 1 is 0.400 bits per heavy atom. The van der Waals surface area contributed by atoms with Gasteiger partial charge in [-0.3, -0.25) is 0 Å². The molecule has 11 aromatic carbocycles. The molecule has 2 aliphatic rings. The van der Waals surface area contributed by atoms with E-state index in [9.17, 15) is 0 Å². The second kappa shape index (κ2) is 17.6. The van der Waals surface area contributed by atoms with Crippen molar-refractivity contribution in [3.05, 3.63) is 336 Å². The van der Waals surface area contributed by atoms with Crippen LogP contribution in [0.2, 0.25) is 0 Å². The van der Waals surface area contributed by atoms with Gasteiger partial charge >= 0.3 is 0 Å². The first-order valence-electron chi connectivity index (χ1n) is 26.0. The van der Waals surface area contributed by atoms with E-state index in [-0.39, 0.29) is 0 Å². The molecule has 0 radical (unpaired) electrons. The molecular formula is C73H52N2. The van der Waals surface area contributed by atoms with Gasteiger partial charge in [0.15, 0.2) is 0 Å². The average Bonchev–Trinajstić information content (AvgIpc) is 4.20. The number of benzene rings is 11. The van der Waals surface area contributed by atoms with Gasteiger partial charge in [0.25, 0.3) is 0 Å². The molecule has 0 saturated heterocycles. The summed E-state index contributed by atoms with van der Waals surface area (Å²) < 4.78 is 2.43. The maximum atomic E-state index is 4.01. The molecule has 2 aliphatic carbocycles. The number of nitrogens with zero attached hydrogens (tertiary/aromatic N) is 2. The molecule has 0 spiro atoms. The summed E-state index contributed by atoms with van der Waals surface area (Å²) in [5.74, 6) is 0. The lowest BCUT2D eigenvalue weighted by Gasteiger charge is -2.36. The molecular weight excluding hydrogens is 905 g/mol. The molecule has 14 rings (SSSR count). The minimum absolute atomic E-state index is 0.576. The summed E-state index contributed by atoms with van der Waals surface area (Å²) in [4.78, 5) is 2.52. The molecule has 1 atom stereocenters. The predicted octanol–water partition coefficient (Wildman–Crippen LogP) is 18.8. The van der Waals surface area contributed by atoms with Gasteiger partial charge in [-0.05, 0) is 146 Å². The van der Waals surface area contributed by atoms with E-state index in [1.807, 2.05) is 12.2 Å². The third-order valence-corrected chi connectivity index (χ3v) is 16.3. The van der Waals surface area contributed by atoms with E-state index in [0.717, 1.165) is 28.3 Å². The van der Waals surface area contributed by atoms with Crippen molar-refractivity contribution in [1.82, 2.24) is 4.57 Å². The molecule has 0 N–H and O–H groups in total. The van der Waals surface area contributed by atoms with E-state index in [0.29, 0.717) is 0 Å². The highest BCUT2D eigenvalue weighted by molar-refractivity contribution is 6.14. The molecule has 75 heavy (non-hydrogen) atoms. The summed E-state index contributed by atoms with van der Waals surface area (Å²) in [6.45, 7) is 6.30. The zero-order chi connectivity index (χ0) is 50.1. The fraction of sp³-hybridized carbons (Fsp3) is 0.0411. The quantitative estimate of drug-likeness (QED) is 0.124. The monoisotopic (exact) mass is 956 g/mol. The number of hydrogen-bond donors (Lipinski definition) is 0. The molecule has 1 heterocycles. The van der Waals surface area contributed by atoms with Gasteiger partial charge in [-0.1, -0.05) is 231 Å². The van der Waals surface area contributed by atoms with Gasteiger partial charge in [0.05, 0.1) is 21.9 Å². The standard InChI is InChI=1S/C73H52N2/c1-3-4-9-24-50(2)72(53-27-10-5-11-28-53)66-37-22-20-35-60(66)62-42-39-58(48-68(62)72)74(57-41-44-70-65(47-57)64-45-51-25-18-19-26-52(51)46-71(64)75(70)56-33-16-8-17-34-56)59-40-43-63-61-36-21-23-38-67(61)73(69(63)49-59,54-29-12-6-13-30-54)55-31-14-7-15-32-55/h3-49H,1H2,2H3/b9-4-,50-24+. The van der Waals surface area contributed by atoms with E-state index < -0.39 is 10.8 Å². The third kappa shape index (κ3) is 6.59. The first-order chi connectivity index (χ1) is 37.1. The number of rotatable bonds is 10. The zero-order valence-corrected chi connectivity index (χ0v) is 41.7. The van der Waals surface area contributed by atoms with Crippen LogP contribution in [0.15, 0.2) is 297 Å². The number of allylic oxidation sites excluding steroid dienone is 5. The van der Waals surface area contributed by atoms with E-state index in [4.69, 9.17) is 0 Å². The van der Waals surface area contributed by atoms with Crippen molar-refractivity contribution in [2.45, 2.75) is 17.8 Å². The van der Waals surface area contributed by atoms with E-state index in [1.54, 1.807) is 0 Å². The van der Waals surface area contributed by atoms with Crippen LogP contribution in [0.3, 0.4) is 0 Å². The van der Waals surface area contributed by atoms with Crippen molar-refractivity contribution in [1.29, 1.82) is 0 Å². The Labute approximate surface area is 438 Å². The minimum Gasteiger partial charge on any atom is -0.310 e. The first kappa shape index (κ1) is 44.2. The predicted molar refractivity (Wildman–Crippen MR) is 315 cm³/mol. The minimum atomic E-state index is -0.580. The zero-order valence-electron chi connectivity index (χ0n) is 41.7. The summed E-state index contributed by atoms with van der Waals surface area (Å²) in [5.41, 5.74) is 20.6. The van der Waals surface area contributed by atoms with Crippen molar-refractivity contribution in [3.63, 3.8) is 0 Å². The molecule has 0 amide bonds. The van der Waals surface area contributed by atoms with Crippen LogP contribution in [0.4, 0.5) is 17.1 Å². The Morgan fingerprint density at radius 2 is 0.880 bits per heavy atom. The normalized spacial score (nSPS) is 15.2. The number of hydrogen-bond acceptors (Lipinski definition) is 1. The second-order valence-corrected chi connectivity index (χ2v) is 20.0. The van der Waals surface area contributed by atoms with Gasteiger partial charge in [-0.25, -0.2) is 0 Å². The van der Waals surface area contributed by atoms with E-state index in [2.05, 4.69) is 296 Å². The van der Waals surface area contributed by atoms with E-state index in [1.165, 1.54) is 93.8 Å². The van der Waals surface area contributed by atoms with Crippen LogP contribution < -0.4 is 4.90 Å². The van der Waals surface area contributed by atoms with E-state index >= 15 is 0 Å². The summed E-state index contributed by atoms with van der Waals surface area (Å²) >= 11 is 0. The molecule has 0 bridgehead atoms. The summed E-state index contributed by atoms with van der Waals surface area (Å²) in [6.07, 6.45) is 8.27. The Balaban J connectivity index is 1.08. The Hall–Kier alpha value is -9.50. The largest absolute Gasteiger partial charge is 0.310 e. The molecule has 1 aromatic heterocycles. The van der Waals surface area contributed by atoms with Crippen LogP contribution in [0, 0.1) is 0 Å². The molecule has 2 heteroatoms. The maximum Gasteiger partial charge on any atom is 0.0714 e. The topological polar surface area (TPSA) is 8.17 Å². The fourth-order valence-corrected chi connectivity index (χ4v) is 13.2. The van der Waals surface area contributed by atoms with Crippen molar-refractivity contribution in [3.8, 4) is 27.9 Å².